The number of carbonyl (C=O) groups is 3. The summed E-state index contributed by atoms with van der Waals surface area (Å²) < 4.78 is 4.95. The van der Waals surface area contributed by atoms with Crippen LogP contribution in [0.1, 0.15) is 28.4 Å². The van der Waals surface area contributed by atoms with Gasteiger partial charge in [-0.1, -0.05) is 6.07 Å². The van der Waals surface area contributed by atoms with Crippen molar-refractivity contribution in [2.75, 3.05) is 39.3 Å². The zero-order valence-corrected chi connectivity index (χ0v) is 15.0. The van der Waals surface area contributed by atoms with Crippen LogP contribution < -0.4 is 5.32 Å². The molecule has 1 aromatic carbocycles. The molecule has 0 atom stereocenters. The number of benzene rings is 1. The van der Waals surface area contributed by atoms with Gasteiger partial charge in [-0.05, 0) is 44.0 Å². The molecule has 3 amide bonds. The van der Waals surface area contributed by atoms with Gasteiger partial charge in [0.1, 0.15) is 0 Å². The van der Waals surface area contributed by atoms with Crippen LogP contribution in [0.3, 0.4) is 0 Å². The van der Waals surface area contributed by atoms with Crippen LogP contribution >= 0.6 is 0 Å². The number of aryl methyl sites for hydroxylation is 2. The van der Waals surface area contributed by atoms with E-state index in [0.717, 1.165) is 11.1 Å². The Labute approximate surface area is 147 Å². The summed E-state index contributed by atoms with van der Waals surface area (Å²) in [5.74, 6) is -0.415. The molecule has 1 aromatic rings. The summed E-state index contributed by atoms with van der Waals surface area (Å²) in [5.41, 5.74) is 2.70. The van der Waals surface area contributed by atoms with E-state index in [4.69, 9.17) is 4.74 Å². The van der Waals surface area contributed by atoms with E-state index in [2.05, 4.69) is 5.32 Å². The molecule has 25 heavy (non-hydrogen) atoms. The van der Waals surface area contributed by atoms with Crippen molar-refractivity contribution in [2.45, 2.75) is 20.8 Å². The van der Waals surface area contributed by atoms with E-state index in [1.807, 2.05) is 26.0 Å². The van der Waals surface area contributed by atoms with Gasteiger partial charge in [-0.3, -0.25) is 9.59 Å². The smallest absolute Gasteiger partial charge is 0.409 e. The number of ether oxygens (including phenoxy) is 1. The lowest BCUT2D eigenvalue weighted by Crippen LogP contribution is -2.52. The average Bonchev–Trinajstić information content (AvgIpc) is 2.62. The van der Waals surface area contributed by atoms with Gasteiger partial charge < -0.3 is 19.9 Å². The standard InChI is InChI=1S/C18H25N3O4/c1-4-25-18(24)21-9-7-20(8-10-21)16(22)12-19-17(23)15-6-5-13(2)14(3)11-15/h5-6,11H,4,7-10,12H2,1-3H3,(H,19,23). The monoisotopic (exact) mass is 347 g/mol. The molecule has 136 valence electrons. The van der Waals surface area contributed by atoms with E-state index in [9.17, 15) is 14.4 Å². The van der Waals surface area contributed by atoms with Gasteiger partial charge in [-0.2, -0.15) is 0 Å². The fourth-order valence-corrected chi connectivity index (χ4v) is 2.61. The summed E-state index contributed by atoms with van der Waals surface area (Å²) in [4.78, 5) is 39.3. The van der Waals surface area contributed by atoms with E-state index in [-0.39, 0.29) is 24.5 Å². The van der Waals surface area contributed by atoms with Crippen molar-refractivity contribution in [3.8, 4) is 0 Å². The third kappa shape index (κ3) is 4.95. The quantitative estimate of drug-likeness (QED) is 0.891. The van der Waals surface area contributed by atoms with Crippen LogP contribution in [0.4, 0.5) is 4.79 Å². The van der Waals surface area contributed by atoms with Crippen molar-refractivity contribution in [1.29, 1.82) is 0 Å². The van der Waals surface area contributed by atoms with Crippen LogP contribution in [-0.2, 0) is 9.53 Å². The van der Waals surface area contributed by atoms with Crippen molar-refractivity contribution in [2.24, 2.45) is 0 Å². The summed E-state index contributed by atoms with van der Waals surface area (Å²) in [7, 11) is 0. The van der Waals surface area contributed by atoms with Crippen molar-refractivity contribution >= 4 is 17.9 Å². The molecule has 1 heterocycles. The first-order valence-corrected chi connectivity index (χ1v) is 8.47. The van der Waals surface area contributed by atoms with Gasteiger partial charge in [-0.15, -0.1) is 0 Å². The summed E-state index contributed by atoms with van der Waals surface area (Å²) in [6, 6.07) is 5.45. The van der Waals surface area contributed by atoms with Crippen LogP contribution in [0.5, 0.6) is 0 Å². The highest BCUT2D eigenvalue weighted by Crippen LogP contribution is 2.10. The fraction of sp³-hybridized carbons (Fsp3) is 0.500. The Morgan fingerprint density at radius 3 is 2.28 bits per heavy atom. The second-order valence-corrected chi connectivity index (χ2v) is 6.05. The summed E-state index contributed by atoms with van der Waals surface area (Å²) in [5, 5.41) is 2.66. The number of hydrogen-bond acceptors (Lipinski definition) is 4. The van der Waals surface area contributed by atoms with Crippen molar-refractivity contribution < 1.29 is 19.1 Å². The Kier molecular flexibility index (Phi) is 6.38. The number of nitrogens with one attached hydrogen (secondary N) is 1. The lowest BCUT2D eigenvalue weighted by molar-refractivity contribution is -0.131. The number of piperazine rings is 1. The highest BCUT2D eigenvalue weighted by Gasteiger charge is 2.24. The predicted molar refractivity (Wildman–Crippen MR) is 93.4 cm³/mol. The van der Waals surface area contributed by atoms with E-state index >= 15 is 0 Å². The molecule has 1 saturated heterocycles. The molecule has 1 fully saturated rings. The number of carbonyl (C=O) groups excluding carboxylic acids is 3. The van der Waals surface area contributed by atoms with Crippen molar-refractivity contribution in [1.82, 2.24) is 15.1 Å². The molecule has 7 nitrogen and oxygen atoms in total. The Morgan fingerprint density at radius 2 is 1.68 bits per heavy atom. The van der Waals surface area contributed by atoms with Crippen molar-refractivity contribution in [3.63, 3.8) is 0 Å². The number of amides is 3. The SMILES string of the molecule is CCOC(=O)N1CCN(C(=O)CNC(=O)c2ccc(C)c(C)c2)CC1. The molecule has 1 N–H and O–H groups in total. The molecule has 0 aliphatic carbocycles. The lowest BCUT2D eigenvalue weighted by Gasteiger charge is -2.34. The van der Waals surface area contributed by atoms with E-state index in [0.29, 0.717) is 38.3 Å². The second-order valence-electron chi connectivity index (χ2n) is 6.05. The van der Waals surface area contributed by atoms with Gasteiger partial charge in [0.15, 0.2) is 0 Å². The Hall–Kier alpha value is -2.57. The highest BCUT2D eigenvalue weighted by molar-refractivity contribution is 5.96. The normalized spacial score (nSPS) is 14.2. The van der Waals surface area contributed by atoms with Gasteiger partial charge in [-0.25, -0.2) is 4.79 Å². The first-order chi connectivity index (χ1) is 11.9. The van der Waals surface area contributed by atoms with Gasteiger partial charge in [0.05, 0.1) is 13.2 Å². The minimum absolute atomic E-state index is 0.0504. The maximum Gasteiger partial charge on any atom is 0.409 e. The molecule has 0 unspecified atom stereocenters. The van der Waals surface area contributed by atoms with Crippen LogP contribution in [0.2, 0.25) is 0 Å². The number of rotatable bonds is 4. The first-order valence-electron chi connectivity index (χ1n) is 8.47. The Balaban J connectivity index is 1.80. The molecular weight excluding hydrogens is 322 g/mol. The molecule has 0 radical (unpaired) electrons. The molecule has 1 aliphatic heterocycles. The second kappa shape index (κ2) is 8.50. The molecule has 1 aliphatic rings. The highest BCUT2D eigenvalue weighted by atomic mass is 16.6. The molecule has 7 heteroatoms. The van der Waals surface area contributed by atoms with Crippen LogP contribution in [-0.4, -0.2) is 67.0 Å². The van der Waals surface area contributed by atoms with E-state index < -0.39 is 0 Å². The predicted octanol–water partition coefficient (Wildman–Crippen LogP) is 1.33. The summed E-state index contributed by atoms with van der Waals surface area (Å²) in [6.45, 7) is 7.74. The molecule has 0 saturated carbocycles. The van der Waals surface area contributed by atoms with Crippen molar-refractivity contribution in [3.05, 3.63) is 34.9 Å². The van der Waals surface area contributed by atoms with Gasteiger partial charge >= 0.3 is 6.09 Å². The average molecular weight is 347 g/mol. The third-order valence-electron chi connectivity index (χ3n) is 4.33. The van der Waals surface area contributed by atoms with Gasteiger partial charge in [0, 0.05) is 31.7 Å². The fourth-order valence-electron chi connectivity index (χ4n) is 2.61. The minimum atomic E-state index is -0.349. The molecule has 0 bridgehead atoms. The summed E-state index contributed by atoms with van der Waals surface area (Å²) in [6.07, 6.45) is -0.349. The van der Waals surface area contributed by atoms with Crippen LogP contribution in [0.25, 0.3) is 0 Å². The maximum absolute atomic E-state index is 12.2. The lowest BCUT2D eigenvalue weighted by atomic mass is 10.1. The Morgan fingerprint density at radius 1 is 1.04 bits per heavy atom. The third-order valence-corrected chi connectivity index (χ3v) is 4.33. The largest absolute Gasteiger partial charge is 0.450 e. The first kappa shape index (κ1) is 18.8. The van der Waals surface area contributed by atoms with E-state index in [1.54, 1.807) is 22.8 Å². The maximum atomic E-state index is 12.2. The van der Waals surface area contributed by atoms with Crippen LogP contribution in [0.15, 0.2) is 18.2 Å². The molecule has 0 spiro atoms. The van der Waals surface area contributed by atoms with Gasteiger partial charge in [0.2, 0.25) is 5.91 Å². The Bertz CT molecular complexity index is 652. The van der Waals surface area contributed by atoms with Gasteiger partial charge in [0.25, 0.3) is 5.91 Å². The molecule has 0 aromatic heterocycles. The van der Waals surface area contributed by atoms with E-state index in [1.165, 1.54) is 0 Å². The summed E-state index contributed by atoms with van der Waals surface area (Å²) >= 11 is 0. The zero-order chi connectivity index (χ0) is 18.4. The van der Waals surface area contributed by atoms with Crippen LogP contribution in [0, 0.1) is 13.8 Å². The molecular formula is C18H25N3O4. The number of nitrogens with zero attached hydrogens (tertiary/aromatic N) is 2. The number of hydrogen-bond donors (Lipinski definition) is 1. The zero-order valence-electron chi connectivity index (χ0n) is 15.0. The topological polar surface area (TPSA) is 79.0 Å². The molecule has 2 rings (SSSR count). The minimum Gasteiger partial charge on any atom is -0.450 e.